The van der Waals surface area contributed by atoms with Gasteiger partial charge in [-0.15, -0.1) is 0 Å². The van der Waals surface area contributed by atoms with E-state index in [0.717, 1.165) is 0 Å². The van der Waals surface area contributed by atoms with E-state index in [-0.39, 0.29) is 0 Å². The number of hydrogen-bond donors (Lipinski definition) is 0. The van der Waals surface area contributed by atoms with E-state index in [4.69, 9.17) is 0 Å². The van der Waals surface area contributed by atoms with Crippen molar-refractivity contribution in [3.63, 3.8) is 0 Å². The maximum Gasteiger partial charge on any atom is -0.000473 e. The van der Waals surface area contributed by atoms with Crippen molar-refractivity contribution < 1.29 is 0 Å². The van der Waals surface area contributed by atoms with E-state index < -0.39 is 0 Å². The monoisotopic (exact) mass is 774 g/mol. The zero-order chi connectivity index (χ0) is 28.7. The maximum absolute atomic E-state index is 2.49. The van der Waals surface area contributed by atoms with Crippen molar-refractivity contribution in [1.82, 2.24) is 0 Å². The number of rotatable bonds is 33. The molecule has 0 rings (SSSR count). The van der Waals surface area contributed by atoms with Gasteiger partial charge in [-0.25, -0.2) is 0 Å². The highest BCUT2D eigenvalue weighted by molar-refractivity contribution is 14.1. The van der Waals surface area contributed by atoms with Crippen LogP contribution in [0, 0.1) is 0 Å². The minimum Gasteiger partial charge on any atom is -0.0864 e. The van der Waals surface area contributed by atoms with Gasteiger partial charge in [0.1, 0.15) is 0 Å². The van der Waals surface area contributed by atoms with Gasteiger partial charge in [0.15, 0.2) is 0 Å². The average Bonchev–Trinajstić information content (AvgIpc) is 2.95. The topological polar surface area (TPSA) is 0 Å². The largest absolute Gasteiger partial charge is 0.0864 e. The second kappa shape index (κ2) is 43.9. The average molecular weight is 775 g/mol. The molecule has 0 aliphatic rings. The van der Waals surface area contributed by atoms with Gasteiger partial charge in [-0.2, -0.15) is 0 Å². The number of alkyl halides is 2. The molecule has 0 bridgehead atoms. The Bertz CT molecular complexity index is 336. The van der Waals surface area contributed by atoms with Crippen LogP contribution in [0.5, 0.6) is 0 Å². The summed E-state index contributed by atoms with van der Waals surface area (Å²) in [6.07, 6.45) is 48.5. The third-order valence-electron chi connectivity index (χ3n) is 8.22. The fourth-order valence-corrected chi connectivity index (χ4v) is 6.54. The zero-order valence-corrected chi connectivity index (χ0v) is 31.8. The summed E-state index contributed by atoms with van der Waals surface area (Å²) >= 11 is 4.98. The third-order valence-corrected chi connectivity index (χ3v) is 9.75. The molecule has 0 atom stereocenters. The van der Waals surface area contributed by atoms with Crippen LogP contribution in [0.4, 0.5) is 0 Å². The van der Waals surface area contributed by atoms with Crippen molar-refractivity contribution in [1.29, 1.82) is 0 Å². The van der Waals surface area contributed by atoms with Crippen LogP contribution in [0.1, 0.15) is 226 Å². The molecule has 0 N–H and O–H groups in total. The van der Waals surface area contributed by atoms with Crippen LogP contribution in [-0.4, -0.2) is 8.86 Å². The number of hydrogen-bond acceptors (Lipinski definition) is 0. The van der Waals surface area contributed by atoms with E-state index in [2.05, 4.69) is 59.0 Å². The molecule has 0 radical (unpaired) electrons. The van der Waals surface area contributed by atoms with E-state index >= 15 is 0 Å². The molecule has 0 aliphatic heterocycles. The second-order valence-corrected chi connectivity index (χ2v) is 14.5. The summed E-state index contributed by atoms with van der Waals surface area (Å²) < 4.78 is 2.69. The highest BCUT2D eigenvalue weighted by Crippen LogP contribution is 2.15. The van der Waals surface area contributed by atoms with Gasteiger partial charge in [0.05, 0.1) is 0 Å². The van der Waals surface area contributed by atoms with Crippen LogP contribution in [-0.2, 0) is 0 Å². The molecular weight excluding hydrogens is 698 g/mol. The zero-order valence-electron chi connectivity index (χ0n) is 27.5. The smallest absolute Gasteiger partial charge is 0.000473 e. The lowest BCUT2D eigenvalue weighted by molar-refractivity contribution is 0.529. The predicted molar refractivity (Wildman–Crippen MR) is 201 cm³/mol. The Balaban J connectivity index is 0. The van der Waals surface area contributed by atoms with Crippen molar-refractivity contribution in [2.75, 3.05) is 8.86 Å². The molecule has 39 heavy (non-hydrogen) atoms. The van der Waals surface area contributed by atoms with Gasteiger partial charge in [0, 0.05) is 0 Å². The van der Waals surface area contributed by atoms with Crippen LogP contribution in [0.2, 0.25) is 0 Å². The highest BCUT2D eigenvalue weighted by Gasteiger charge is 1.95. The summed E-state index contributed by atoms with van der Waals surface area (Å²) in [5.74, 6) is 0. The molecule has 0 unspecified atom stereocenters. The third kappa shape index (κ3) is 46.6. The summed E-state index contributed by atoms with van der Waals surface area (Å²) in [4.78, 5) is 0. The Hall–Kier alpha value is 1.46. The predicted octanol–water partition coefficient (Wildman–Crippen LogP) is 15.8. The van der Waals surface area contributed by atoms with E-state index in [1.54, 1.807) is 0 Å². The first-order valence-electron chi connectivity index (χ1n) is 18.4. The summed E-state index contributed by atoms with van der Waals surface area (Å²) in [6.45, 7) is 4.59. The first-order chi connectivity index (χ1) is 19.3. The first kappa shape index (κ1) is 42.6. The summed E-state index contributed by atoms with van der Waals surface area (Å²) in [7, 11) is 0. The van der Waals surface area contributed by atoms with E-state index in [1.165, 1.54) is 221 Å². The summed E-state index contributed by atoms with van der Waals surface area (Å²) in [6, 6.07) is 0. The van der Waals surface area contributed by atoms with Crippen molar-refractivity contribution in [2.45, 2.75) is 226 Å². The van der Waals surface area contributed by atoms with Gasteiger partial charge in [-0.3, -0.25) is 0 Å². The van der Waals surface area contributed by atoms with E-state index in [0.29, 0.717) is 0 Å². The van der Waals surface area contributed by atoms with Crippen LogP contribution < -0.4 is 0 Å². The Morgan fingerprint density at radius 2 is 0.333 bits per heavy atom. The number of halogens is 2. The molecule has 0 aromatic heterocycles. The standard InChI is InChI=1S/C19H39I.C18H37I/c1-2-3-4-5-6-7-8-9-10-11-12-13-14-15-16-17-18-19-20;1-2-3-4-5-6-7-8-9-10-11-12-13-14-15-16-17-18-19/h2-19H2,1H3;2-18H2,1H3. The minimum absolute atomic E-state index is 1.34. The van der Waals surface area contributed by atoms with E-state index in [9.17, 15) is 0 Å². The molecule has 0 aromatic rings. The molecule has 0 saturated carbocycles. The Labute approximate surface area is 277 Å². The van der Waals surface area contributed by atoms with E-state index in [1.807, 2.05) is 0 Å². The lowest BCUT2D eigenvalue weighted by Crippen LogP contribution is -1.84. The number of unbranched alkanes of at least 4 members (excludes halogenated alkanes) is 31. The highest BCUT2D eigenvalue weighted by atomic mass is 127. The molecule has 0 nitrogen and oxygen atoms in total. The van der Waals surface area contributed by atoms with Gasteiger partial charge in [0.25, 0.3) is 0 Å². The molecule has 238 valence electrons. The van der Waals surface area contributed by atoms with Gasteiger partial charge in [-0.1, -0.05) is 258 Å². The quantitative estimate of drug-likeness (QED) is 0.0354. The van der Waals surface area contributed by atoms with Crippen LogP contribution in [0.15, 0.2) is 0 Å². The molecule has 0 aromatic carbocycles. The fraction of sp³-hybridized carbons (Fsp3) is 1.00. The Morgan fingerprint density at radius 1 is 0.205 bits per heavy atom. The molecular formula is C37H76I2. The molecule has 0 heterocycles. The molecule has 0 amide bonds. The maximum atomic E-state index is 2.49. The summed E-state index contributed by atoms with van der Waals surface area (Å²) in [5, 5.41) is 0. The Morgan fingerprint density at radius 3 is 0.462 bits per heavy atom. The molecule has 2 heteroatoms. The SMILES string of the molecule is CCCCCCCCCCCCCCCCCCCI.CCCCCCCCCCCCCCCCCCI. The fourth-order valence-electron chi connectivity index (χ4n) is 5.46. The van der Waals surface area contributed by atoms with Gasteiger partial charge < -0.3 is 0 Å². The molecule has 0 spiro atoms. The van der Waals surface area contributed by atoms with Crippen molar-refractivity contribution in [2.24, 2.45) is 0 Å². The Kier molecular flexibility index (Phi) is 48.0. The normalized spacial score (nSPS) is 11.1. The van der Waals surface area contributed by atoms with Gasteiger partial charge in [0.2, 0.25) is 0 Å². The lowest BCUT2D eigenvalue weighted by atomic mass is 10.0. The minimum atomic E-state index is 1.34. The van der Waals surface area contributed by atoms with Crippen molar-refractivity contribution >= 4 is 45.2 Å². The molecule has 0 saturated heterocycles. The van der Waals surface area contributed by atoms with Crippen LogP contribution in [0.3, 0.4) is 0 Å². The van der Waals surface area contributed by atoms with Crippen LogP contribution in [0.25, 0.3) is 0 Å². The van der Waals surface area contributed by atoms with Crippen LogP contribution >= 0.6 is 45.2 Å². The van der Waals surface area contributed by atoms with Gasteiger partial charge >= 0.3 is 0 Å². The van der Waals surface area contributed by atoms with Gasteiger partial charge in [-0.05, 0) is 21.7 Å². The summed E-state index contributed by atoms with van der Waals surface area (Å²) in [5.41, 5.74) is 0. The van der Waals surface area contributed by atoms with Crippen molar-refractivity contribution in [3.05, 3.63) is 0 Å². The molecule has 0 aliphatic carbocycles. The first-order valence-corrected chi connectivity index (χ1v) is 21.5. The second-order valence-electron chi connectivity index (χ2n) is 12.3. The van der Waals surface area contributed by atoms with Crippen molar-refractivity contribution in [3.8, 4) is 0 Å². The molecule has 0 fully saturated rings. The lowest BCUT2D eigenvalue weighted by Gasteiger charge is -2.03.